The van der Waals surface area contributed by atoms with Gasteiger partial charge in [-0.1, -0.05) is 0 Å². The third-order valence-corrected chi connectivity index (χ3v) is 11.8. The van der Waals surface area contributed by atoms with E-state index in [0.29, 0.717) is 80.9 Å². The Morgan fingerprint density at radius 1 is 0.760 bits per heavy atom. The Morgan fingerprint density at radius 3 is 1.66 bits per heavy atom. The lowest BCUT2D eigenvalue weighted by Crippen LogP contribution is -2.29. The van der Waals surface area contributed by atoms with Gasteiger partial charge in [0.1, 0.15) is 0 Å². The van der Waals surface area contributed by atoms with Crippen LogP contribution in [0.2, 0.25) is 0 Å². The number of nitrogens with zero attached hydrogens (tertiary/aromatic N) is 5. The molecule has 0 unspecified atom stereocenters. The number of aromatic nitrogens is 4. The van der Waals surface area contributed by atoms with Crippen molar-refractivity contribution in [2.24, 2.45) is 11.8 Å². The second kappa shape index (κ2) is 14.2. The van der Waals surface area contributed by atoms with Crippen molar-refractivity contribution in [2.45, 2.75) is 69.2 Å². The topological polar surface area (TPSA) is 104 Å². The van der Waals surface area contributed by atoms with Gasteiger partial charge in [0.2, 0.25) is 21.7 Å². The van der Waals surface area contributed by atoms with Crippen LogP contribution in [0.4, 0.5) is 37.7 Å². The van der Waals surface area contributed by atoms with E-state index in [4.69, 9.17) is 9.47 Å². The van der Waals surface area contributed by atoms with Crippen LogP contribution in [0.25, 0.3) is 22.1 Å². The maximum absolute atomic E-state index is 13.6. The molecule has 3 aliphatic rings. The van der Waals surface area contributed by atoms with E-state index in [1.807, 2.05) is 0 Å². The summed E-state index contributed by atoms with van der Waals surface area (Å²) in [6.07, 6.45) is -4.83. The van der Waals surface area contributed by atoms with E-state index in [0.717, 1.165) is 22.8 Å². The molecule has 0 radical (unpaired) electrons. The largest absolute Gasteiger partial charge is 0.449 e. The molecule has 1 saturated carbocycles. The lowest BCUT2D eigenvalue weighted by Gasteiger charge is -2.24. The summed E-state index contributed by atoms with van der Waals surface area (Å²) in [4.78, 5) is 7.65. The Kier molecular flexibility index (Phi) is 10.3. The summed E-state index contributed by atoms with van der Waals surface area (Å²) in [5, 5.41) is 2.52. The predicted molar refractivity (Wildman–Crippen MR) is 176 cm³/mol. The van der Waals surface area contributed by atoms with Gasteiger partial charge in [-0.15, -0.1) is 0 Å². The molecule has 1 N–H and O–H groups in total. The molecule has 2 aromatic carbocycles. The maximum Gasteiger partial charge on any atom is 0.449 e. The minimum atomic E-state index is -4.59. The van der Waals surface area contributed by atoms with Gasteiger partial charge in [0.15, 0.2) is 0 Å². The predicted octanol–water partition coefficient (Wildman–Crippen LogP) is 6.93. The number of hydrogen-bond acceptors (Lipinski definition) is 7. The molecule has 2 aliphatic heterocycles. The average Bonchev–Trinajstić information content (AvgIpc) is 3.81. The summed E-state index contributed by atoms with van der Waals surface area (Å²) >= 11 is 0. The standard InChI is InChI=1S/C18H22F3N3O3S.C15H18F3N3O/c1-23(28(25,26)14-3-4-14)13-2-5-16-15(10-13)22-17(18(19,20)21)24(16)11-12-6-8-27-9-7-12;1-19-11-2-3-13-12(8-11)20-14(15(16,17)18)21(13)9-10-4-6-22-7-5-10/h2,5,10,12,14H,3-4,6-9,11H2,1H3;2-3,8,10,19H,4-7,9H2,1H3. The summed E-state index contributed by atoms with van der Waals surface area (Å²) in [5.74, 6) is -1.48. The van der Waals surface area contributed by atoms with E-state index in [9.17, 15) is 34.8 Å². The molecule has 7 rings (SSSR count). The number of hydrogen-bond donors (Lipinski definition) is 1. The van der Waals surface area contributed by atoms with Crippen LogP contribution >= 0.6 is 0 Å². The number of rotatable bonds is 8. The number of benzene rings is 2. The van der Waals surface area contributed by atoms with Gasteiger partial charge in [0, 0.05) is 59.3 Å². The van der Waals surface area contributed by atoms with Crippen LogP contribution in [0.15, 0.2) is 36.4 Å². The van der Waals surface area contributed by atoms with Crippen molar-refractivity contribution in [1.29, 1.82) is 0 Å². The Morgan fingerprint density at radius 2 is 1.22 bits per heavy atom. The number of imidazole rings is 2. The molecule has 50 heavy (non-hydrogen) atoms. The zero-order valence-electron chi connectivity index (χ0n) is 27.7. The number of nitrogens with one attached hydrogen (secondary N) is 1. The lowest BCUT2D eigenvalue weighted by molar-refractivity contribution is -0.148. The van der Waals surface area contributed by atoms with Crippen LogP contribution < -0.4 is 9.62 Å². The van der Waals surface area contributed by atoms with E-state index in [-0.39, 0.29) is 23.9 Å². The van der Waals surface area contributed by atoms with Gasteiger partial charge in [0.25, 0.3) is 0 Å². The second-order valence-corrected chi connectivity index (χ2v) is 15.3. The van der Waals surface area contributed by atoms with E-state index in [1.165, 1.54) is 28.3 Å². The second-order valence-electron chi connectivity index (χ2n) is 13.0. The molecule has 4 heterocycles. The van der Waals surface area contributed by atoms with Gasteiger partial charge >= 0.3 is 12.4 Å². The number of halogens is 6. The van der Waals surface area contributed by atoms with Crippen molar-refractivity contribution < 1.29 is 44.2 Å². The number of sulfonamides is 1. The fourth-order valence-corrected chi connectivity index (χ4v) is 8.10. The summed E-state index contributed by atoms with van der Waals surface area (Å²) in [6, 6.07) is 9.61. The molecule has 1 aliphatic carbocycles. The molecule has 4 aromatic rings. The lowest BCUT2D eigenvalue weighted by atomic mass is 10.0. The summed E-state index contributed by atoms with van der Waals surface area (Å²) < 4.78 is 120. The minimum Gasteiger partial charge on any atom is -0.388 e. The molecule has 0 spiro atoms. The van der Waals surface area contributed by atoms with Gasteiger partial charge < -0.3 is 23.9 Å². The fraction of sp³-hybridized carbons (Fsp3) is 0.576. The van der Waals surface area contributed by atoms with Gasteiger partial charge in [-0.05, 0) is 86.8 Å². The van der Waals surface area contributed by atoms with Crippen molar-refractivity contribution >= 4 is 43.5 Å². The molecule has 0 bridgehead atoms. The first-order valence-corrected chi connectivity index (χ1v) is 18.1. The van der Waals surface area contributed by atoms with Gasteiger partial charge in [-0.3, -0.25) is 4.31 Å². The summed E-state index contributed by atoms with van der Waals surface area (Å²) in [7, 11) is -0.323. The quantitative estimate of drug-likeness (QED) is 0.196. The summed E-state index contributed by atoms with van der Waals surface area (Å²) in [6.45, 7) is 2.86. The highest BCUT2D eigenvalue weighted by Crippen LogP contribution is 2.37. The average molecular weight is 731 g/mol. The van der Waals surface area contributed by atoms with Crippen molar-refractivity contribution in [3.05, 3.63) is 48.0 Å². The molecule has 2 aromatic heterocycles. The first-order chi connectivity index (χ1) is 23.7. The number of anilines is 2. The Labute approximate surface area is 285 Å². The monoisotopic (exact) mass is 730 g/mol. The molecule has 3 fully saturated rings. The number of alkyl halides is 6. The van der Waals surface area contributed by atoms with Crippen molar-refractivity contribution in [2.75, 3.05) is 50.1 Å². The third kappa shape index (κ3) is 7.83. The van der Waals surface area contributed by atoms with E-state index >= 15 is 0 Å². The van der Waals surface area contributed by atoms with Crippen LogP contribution in [0, 0.1) is 11.8 Å². The first kappa shape index (κ1) is 36.2. The molecule has 17 heteroatoms. The molecule has 0 amide bonds. The maximum atomic E-state index is 13.6. The van der Waals surface area contributed by atoms with Crippen molar-refractivity contribution in [3.63, 3.8) is 0 Å². The van der Waals surface area contributed by atoms with E-state index < -0.39 is 39.3 Å². The van der Waals surface area contributed by atoms with Crippen LogP contribution in [0.3, 0.4) is 0 Å². The smallest absolute Gasteiger partial charge is 0.388 e. The van der Waals surface area contributed by atoms with Crippen molar-refractivity contribution in [3.8, 4) is 0 Å². The normalized spacial score (nSPS) is 18.3. The molecular weight excluding hydrogens is 690 g/mol. The minimum absolute atomic E-state index is 0.0878. The highest BCUT2D eigenvalue weighted by molar-refractivity contribution is 7.93. The zero-order chi connectivity index (χ0) is 35.8. The Balaban J connectivity index is 0.000000178. The van der Waals surface area contributed by atoms with Gasteiger partial charge in [-0.2, -0.15) is 26.3 Å². The van der Waals surface area contributed by atoms with Gasteiger partial charge in [0.05, 0.1) is 33.0 Å². The molecule has 10 nitrogen and oxygen atoms in total. The van der Waals surface area contributed by atoms with E-state index in [2.05, 4.69) is 15.3 Å². The van der Waals surface area contributed by atoms with Crippen LogP contribution in [0.1, 0.15) is 50.2 Å². The molecule has 2 saturated heterocycles. The third-order valence-electron chi connectivity index (χ3n) is 9.53. The van der Waals surface area contributed by atoms with Crippen LogP contribution in [-0.4, -0.2) is 73.3 Å². The molecule has 274 valence electrons. The highest BCUT2D eigenvalue weighted by atomic mass is 32.2. The SMILES string of the molecule is CN(c1ccc2c(c1)nc(C(F)(F)F)n2CC1CCOCC1)S(=O)(=O)C1CC1.CNc1ccc2c(c1)nc(C(F)(F)F)n2CC1CCOCC1. The fourth-order valence-electron chi connectivity index (χ4n) is 6.51. The highest BCUT2D eigenvalue weighted by Gasteiger charge is 2.41. The number of fused-ring (bicyclic) bond motifs is 2. The Hall–Kier alpha value is -3.57. The van der Waals surface area contributed by atoms with Crippen LogP contribution in [-0.2, 0) is 44.9 Å². The first-order valence-electron chi connectivity index (χ1n) is 16.6. The van der Waals surface area contributed by atoms with Gasteiger partial charge in [-0.25, -0.2) is 18.4 Å². The van der Waals surface area contributed by atoms with E-state index in [1.54, 1.807) is 31.3 Å². The van der Waals surface area contributed by atoms with Crippen LogP contribution in [0.5, 0.6) is 0 Å². The van der Waals surface area contributed by atoms with Crippen molar-refractivity contribution in [1.82, 2.24) is 19.1 Å². The Bertz CT molecular complexity index is 1910. The molecular formula is C33H40F6N6O4S. The number of ether oxygens (including phenoxy) is 2. The summed E-state index contributed by atoms with van der Waals surface area (Å²) in [5.41, 5.74) is 2.47. The molecule has 0 atom stereocenters. The zero-order valence-corrected chi connectivity index (χ0v) is 28.5.